The van der Waals surface area contributed by atoms with Crippen molar-refractivity contribution in [2.75, 3.05) is 32.1 Å². The van der Waals surface area contributed by atoms with E-state index in [1.54, 1.807) is 12.4 Å². The molecule has 0 atom stereocenters. The van der Waals surface area contributed by atoms with E-state index < -0.39 is 0 Å². The molecular formula is C22H25N5O. The van der Waals surface area contributed by atoms with Crippen LogP contribution in [0.2, 0.25) is 0 Å². The van der Waals surface area contributed by atoms with Crippen molar-refractivity contribution in [3.05, 3.63) is 84.2 Å². The number of benzene rings is 2. The van der Waals surface area contributed by atoms with Gasteiger partial charge < -0.3 is 15.1 Å². The third-order valence-corrected chi connectivity index (χ3v) is 4.24. The van der Waals surface area contributed by atoms with E-state index in [2.05, 4.69) is 27.4 Å². The Morgan fingerprint density at radius 1 is 0.929 bits per heavy atom. The smallest absolute Gasteiger partial charge is 0.254 e. The Labute approximate surface area is 165 Å². The summed E-state index contributed by atoms with van der Waals surface area (Å²) in [5.74, 6) is 0.391. The predicted molar refractivity (Wildman–Crippen MR) is 112 cm³/mol. The van der Waals surface area contributed by atoms with Gasteiger partial charge in [0.05, 0.1) is 12.1 Å². The summed E-state index contributed by atoms with van der Waals surface area (Å²) in [5, 5.41) is 2.88. The molecule has 0 saturated carbocycles. The number of carbonyl (C=O) groups excluding carboxylic acids is 1. The highest BCUT2D eigenvalue weighted by atomic mass is 16.1. The highest BCUT2D eigenvalue weighted by Crippen LogP contribution is 2.24. The average Bonchev–Trinajstić information content (AvgIpc) is 2.73. The van der Waals surface area contributed by atoms with Crippen LogP contribution in [0, 0.1) is 0 Å². The van der Waals surface area contributed by atoms with E-state index in [1.165, 1.54) is 0 Å². The van der Waals surface area contributed by atoms with Gasteiger partial charge in [-0.05, 0) is 31.8 Å². The van der Waals surface area contributed by atoms with Crippen molar-refractivity contribution in [3.8, 4) is 0 Å². The molecule has 0 unspecified atom stereocenters. The molecule has 144 valence electrons. The summed E-state index contributed by atoms with van der Waals surface area (Å²) in [6, 6.07) is 20.2. The van der Waals surface area contributed by atoms with Crippen LogP contribution in [0.4, 0.5) is 11.6 Å². The second kappa shape index (κ2) is 9.62. The molecule has 1 amide bonds. The fourth-order valence-electron chi connectivity index (χ4n) is 2.72. The molecule has 0 aliphatic rings. The lowest BCUT2D eigenvalue weighted by atomic mass is 10.2. The number of aromatic nitrogens is 2. The van der Waals surface area contributed by atoms with Crippen molar-refractivity contribution in [3.63, 3.8) is 0 Å². The Kier molecular flexibility index (Phi) is 6.70. The molecule has 0 fully saturated rings. The SMILES string of the molecule is CN(C)CCNC(=O)c1cnc(N(Cc2ccccc2)c2ccccc2)nc1. The molecule has 1 heterocycles. The fraction of sp³-hybridized carbons (Fsp3) is 0.227. The minimum atomic E-state index is -0.164. The summed E-state index contributed by atoms with van der Waals surface area (Å²) in [4.78, 5) is 25.2. The van der Waals surface area contributed by atoms with Gasteiger partial charge in [0.25, 0.3) is 5.91 Å². The third-order valence-electron chi connectivity index (χ3n) is 4.24. The number of amides is 1. The van der Waals surface area contributed by atoms with Crippen LogP contribution in [0.1, 0.15) is 15.9 Å². The minimum absolute atomic E-state index is 0.164. The van der Waals surface area contributed by atoms with Gasteiger partial charge in [-0.2, -0.15) is 0 Å². The van der Waals surface area contributed by atoms with Crippen LogP contribution >= 0.6 is 0 Å². The number of hydrogen-bond donors (Lipinski definition) is 1. The Morgan fingerprint density at radius 3 is 2.14 bits per heavy atom. The van der Waals surface area contributed by atoms with Crippen molar-refractivity contribution in [2.45, 2.75) is 6.54 Å². The quantitative estimate of drug-likeness (QED) is 0.656. The molecule has 0 radical (unpaired) electrons. The van der Waals surface area contributed by atoms with Gasteiger partial charge in [0, 0.05) is 31.2 Å². The van der Waals surface area contributed by atoms with Gasteiger partial charge in [0.2, 0.25) is 5.95 Å². The topological polar surface area (TPSA) is 61.4 Å². The van der Waals surface area contributed by atoms with E-state index in [1.807, 2.05) is 72.4 Å². The molecule has 0 saturated heterocycles. The number of nitrogens with one attached hydrogen (secondary N) is 1. The van der Waals surface area contributed by atoms with E-state index in [9.17, 15) is 4.79 Å². The van der Waals surface area contributed by atoms with E-state index in [0.717, 1.165) is 17.8 Å². The first-order chi connectivity index (χ1) is 13.6. The Bertz CT molecular complexity index is 866. The highest BCUT2D eigenvalue weighted by Gasteiger charge is 2.14. The van der Waals surface area contributed by atoms with Crippen LogP contribution in [0.3, 0.4) is 0 Å². The second-order valence-electron chi connectivity index (χ2n) is 6.74. The molecule has 1 aromatic heterocycles. The van der Waals surface area contributed by atoms with Crippen LogP contribution in [-0.4, -0.2) is 48.0 Å². The molecule has 2 aromatic carbocycles. The van der Waals surface area contributed by atoms with Gasteiger partial charge in [0.15, 0.2) is 0 Å². The number of carbonyl (C=O) groups is 1. The molecular weight excluding hydrogens is 350 g/mol. The lowest BCUT2D eigenvalue weighted by molar-refractivity contribution is 0.0950. The zero-order chi connectivity index (χ0) is 19.8. The molecule has 3 aromatic rings. The first-order valence-corrected chi connectivity index (χ1v) is 9.25. The van der Waals surface area contributed by atoms with Gasteiger partial charge in [0.1, 0.15) is 0 Å². The molecule has 0 bridgehead atoms. The van der Waals surface area contributed by atoms with Gasteiger partial charge in [-0.25, -0.2) is 9.97 Å². The van der Waals surface area contributed by atoms with E-state index in [4.69, 9.17) is 0 Å². The fourth-order valence-corrected chi connectivity index (χ4v) is 2.72. The molecule has 0 spiro atoms. The maximum absolute atomic E-state index is 12.2. The molecule has 6 nitrogen and oxygen atoms in total. The maximum Gasteiger partial charge on any atom is 0.254 e. The zero-order valence-electron chi connectivity index (χ0n) is 16.2. The molecule has 1 N–H and O–H groups in total. The van der Waals surface area contributed by atoms with Crippen LogP contribution in [-0.2, 0) is 6.54 Å². The summed E-state index contributed by atoms with van der Waals surface area (Å²) in [6.45, 7) is 2.00. The summed E-state index contributed by atoms with van der Waals surface area (Å²) >= 11 is 0. The molecule has 0 aliphatic heterocycles. The van der Waals surface area contributed by atoms with Gasteiger partial charge in [-0.15, -0.1) is 0 Å². The molecule has 28 heavy (non-hydrogen) atoms. The number of rotatable bonds is 8. The van der Waals surface area contributed by atoms with Gasteiger partial charge in [-0.3, -0.25) is 4.79 Å². The van der Waals surface area contributed by atoms with Crippen molar-refractivity contribution in [1.82, 2.24) is 20.2 Å². The lowest BCUT2D eigenvalue weighted by Gasteiger charge is -2.23. The monoisotopic (exact) mass is 375 g/mol. The Hall–Kier alpha value is -3.25. The van der Waals surface area contributed by atoms with E-state index in [0.29, 0.717) is 24.6 Å². The normalized spacial score (nSPS) is 10.7. The first kappa shape index (κ1) is 19.5. The van der Waals surface area contributed by atoms with Crippen LogP contribution in [0.25, 0.3) is 0 Å². The number of likely N-dealkylation sites (N-methyl/N-ethyl adjacent to an activating group) is 1. The van der Waals surface area contributed by atoms with E-state index >= 15 is 0 Å². The number of para-hydroxylation sites is 1. The summed E-state index contributed by atoms with van der Waals surface area (Å²) in [5.41, 5.74) is 2.60. The third kappa shape index (κ3) is 5.37. The summed E-state index contributed by atoms with van der Waals surface area (Å²) < 4.78 is 0. The Balaban J connectivity index is 1.78. The van der Waals surface area contributed by atoms with Crippen molar-refractivity contribution in [2.24, 2.45) is 0 Å². The van der Waals surface area contributed by atoms with E-state index in [-0.39, 0.29) is 5.91 Å². The summed E-state index contributed by atoms with van der Waals surface area (Å²) in [7, 11) is 3.93. The standard InChI is InChI=1S/C22H25N5O/c1-26(2)14-13-23-21(28)19-15-24-22(25-16-19)27(20-11-7-4-8-12-20)17-18-9-5-3-6-10-18/h3-12,15-16H,13-14,17H2,1-2H3,(H,23,28). The molecule has 6 heteroatoms. The lowest BCUT2D eigenvalue weighted by Crippen LogP contribution is -2.31. The van der Waals surface area contributed by atoms with Crippen LogP contribution in [0.5, 0.6) is 0 Å². The zero-order valence-corrected chi connectivity index (χ0v) is 16.2. The summed E-state index contributed by atoms with van der Waals surface area (Å²) in [6.07, 6.45) is 3.16. The van der Waals surface area contributed by atoms with Crippen molar-refractivity contribution in [1.29, 1.82) is 0 Å². The van der Waals surface area contributed by atoms with Gasteiger partial charge in [-0.1, -0.05) is 48.5 Å². The van der Waals surface area contributed by atoms with Crippen molar-refractivity contribution < 1.29 is 4.79 Å². The second-order valence-corrected chi connectivity index (χ2v) is 6.74. The minimum Gasteiger partial charge on any atom is -0.351 e. The highest BCUT2D eigenvalue weighted by molar-refractivity contribution is 5.93. The number of hydrogen-bond acceptors (Lipinski definition) is 5. The average molecular weight is 375 g/mol. The van der Waals surface area contributed by atoms with Crippen molar-refractivity contribution >= 4 is 17.5 Å². The number of nitrogens with zero attached hydrogens (tertiary/aromatic N) is 4. The predicted octanol–water partition coefficient (Wildman–Crippen LogP) is 3.11. The molecule has 0 aliphatic carbocycles. The molecule has 3 rings (SSSR count). The Morgan fingerprint density at radius 2 is 1.54 bits per heavy atom. The maximum atomic E-state index is 12.2. The number of anilines is 2. The van der Waals surface area contributed by atoms with Crippen LogP contribution < -0.4 is 10.2 Å². The van der Waals surface area contributed by atoms with Gasteiger partial charge >= 0.3 is 0 Å². The van der Waals surface area contributed by atoms with Crippen LogP contribution in [0.15, 0.2) is 73.1 Å². The first-order valence-electron chi connectivity index (χ1n) is 9.25. The largest absolute Gasteiger partial charge is 0.351 e.